The molecule has 2 atom stereocenters. The molecular formula is C48H83NO3. The van der Waals surface area contributed by atoms with Gasteiger partial charge in [0.2, 0.25) is 0 Å². The molecule has 1 aliphatic carbocycles. The van der Waals surface area contributed by atoms with E-state index in [1.54, 1.807) is 0 Å². The number of Topliss-reactive ketones (excluding diaryl/α,β-unsaturated/α-hetero) is 1. The maximum atomic E-state index is 12.6. The number of ketones is 1. The molecular weight excluding hydrogens is 639 g/mol. The summed E-state index contributed by atoms with van der Waals surface area (Å²) < 4.78 is 13.7. The highest BCUT2D eigenvalue weighted by Crippen LogP contribution is 2.46. The summed E-state index contributed by atoms with van der Waals surface area (Å²) >= 11 is 0. The van der Waals surface area contributed by atoms with Crippen molar-refractivity contribution in [2.24, 2.45) is 5.92 Å². The monoisotopic (exact) mass is 722 g/mol. The SMILES string of the molecule is CCC=CCC=CCC=CCCCCCCCCC1(CCCCCCCCC=CCC=CCCCCC)OC2CC(CC(=O)CCN(C)C)CC2O1. The molecule has 4 heteroatoms. The van der Waals surface area contributed by atoms with Crippen LogP contribution in [-0.2, 0) is 14.3 Å². The fourth-order valence-corrected chi connectivity index (χ4v) is 7.76. The molecule has 0 N–H and O–H groups in total. The Labute approximate surface area is 323 Å². The van der Waals surface area contributed by atoms with Crippen molar-refractivity contribution >= 4 is 5.78 Å². The third-order valence-electron chi connectivity index (χ3n) is 10.8. The Kier molecular flexibility index (Phi) is 28.2. The fourth-order valence-electron chi connectivity index (χ4n) is 7.76. The summed E-state index contributed by atoms with van der Waals surface area (Å²) in [5, 5.41) is 0. The number of carbonyl (C=O) groups is 1. The quantitative estimate of drug-likeness (QED) is 0.0490. The average Bonchev–Trinajstić information content (AvgIpc) is 3.65. The van der Waals surface area contributed by atoms with Crippen LogP contribution < -0.4 is 0 Å². The van der Waals surface area contributed by atoms with E-state index in [1.807, 2.05) is 14.1 Å². The van der Waals surface area contributed by atoms with Crippen LogP contribution in [0.4, 0.5) is 0 Å². The van der Waals surface area contributed by atoms with Crippen LogP contribution in [0.5, 0.6) is 0 Å². The zero-order valence-corrected chi connectivity index (χ0v) is 34.7. The van der Waals surface area contributed by atoms with Gasteiger partial charge in [-0.2, -0.15) is 0 Å². The van der Waals surface area contributed by atoms with E-state index in [0.717, 1.165) is 57.9 Å². The highest BCUT2D eigenvalue weighted by Gasteiger charge is 2.51. The third-order valence-corrected chi connectivity index (χ3v) is 10.8. The lowest BCUT2D eigenvalue weighted by Gasteiger charge is -2.30. The molecule has 52 heavy (non-hydrogen) atoms. The van der Waals surface area contributed by atoms with Crippen LogP contribution in [0, 0.1) is 5.92 Å². The van der Waals surface area contributed by atoms with E-state index in [4.69, 9.17) is 9.47 Å². The number of fused-ring (bicyclic) bond motifs is 1. The number of carbonyl (C=O) groups excluding carboxylic acids is 1. The van der Waals surface area contributed by atoms with Crippen molar-refractivity contribution in [2.75, 3.05) is 20.6 Å². The van der Waals surface area contributed by atoms with Crippen molar-refractivity contribution in [2.45, 2.75) is 212 Å². The van der Waals surface area contributed by atoms with Gasteiger partial charge in [0.1, 0.15) is 5.78 Å². The van der Waals surface area contributed by atoms with Gasteiger partial charge in [-0.3, -0.25) is 4.79 Å². The van der Waals surface area contributed by atoms with Gasteiger partial charge < -0.3 is 14.4 Å². The summed E-state index contributed by atoms with van der Waals surface area (Å²) in [5.41, 5.74) is 0. The van der Waals surface area contributed by atoms with Crippen LogP contribution in [0.15, 0.2) is 60.8 Å². The number of rotatable bonds is 34. The maximum Gasteiger partial charge on any atom is 0.169 e. The van der Waals surface area contributed by atoms with Crippen LogP contribution in [0.1, 0.15) is 194 Å². The summed E-state index contributed by atoms with van der Waals surface area (Å²) in [7, 11) is 4.08. The molecule has 0 aromatic carbocycles. The van der Waals surface area contributed by atoms with Gasteiger partial charge in [-0.25, -0.2) is 0 Å². The summed E-state index contributed by atoms with van der Waals surface area (Å²) in [6, 6.07) is 0. The molecule has 0 spiro atoms. The Morgan fingerprint density at radius 3 is 1.46 bits per heavy atom. The fraction of sp³-hybridized carbons (Fsp3) is 0.771. The number of ether oxygens (including phenoxy) is 2. The summed E-state index contributed by atoms with van der Waals surface area (Å²) in [5.74, 6) is 0.421. The van der Waals surface area contributed by atoms with Gasteiger partial charge in [0.15, 0.2) is 5.79 Å². The smallest absolute Gasteiger partial charge is 0.169 e. The topological polar surface area (TPSA) is 38.8 Å². The second-order valence-electron chi connectivity index (χ2n) is 16.1. The van der Waals surface area contributed by atoms with Crippen LogP contribution in [-0.4, -0.2) is 49.3 Å². The van der Waals surface area contributed by atoms with Crippen LogP contribution in [0.25, 0.3) is 0 Å². The van der Waals surface area contributed by atoms with Crippen molar-refractivity contribution in [3.05, 3.63) is 60.8 Å². The van der Waals surface area contributed by atoms with Crippen molar-refractivity contribution in [3.63, 3.8) is 0 Å². The largest absolute Gasteiger partial charge is 0.344 e. The van der Waals surface area contributed by atoms with Crippen molar-refractivity contribution in [1.82, 2.24) is 4.90 Å². The third kappa shape index (κ3) is 23.8. The normalized spacial score (nSPS) is 22.2. The molecule has 1 aliphatic heterocycles. The molecule has 0 aromatic rings. The van der Waals surface area contributed by atoms with Gasteiger partial charge in [-0.1, -0.05) is 139 Å². The van der Waals surface area contributed by atoms with Crippen LogP contribution in [0.3, 0.4) is 0 Å². The Hall–Kier alpha value is -1.75. The van der Waals surface area contributed by atoms with Crippen molar-refractivity contribution < 1.29 is 14.3 Å². The minimum absolute atomic E-state index is 0.178. The molecule has 0 amide bonds. The highest BCUT2D eigenvalue weighted by atomic mass is 16.8. The first-order valence-corrected chi connectivity index (χ1v) is 22.2. The molecule has 0 bridgehead atoms. The van der Waals surface area contributed by atoms with Gasteiger partial charge in [-0.05, 0) is 110 Å². The summed E-state index contributed by atoms with van der Waals surface area (Å²) in [6.07, 6.45) is 56.2. The lowest BCUT2D eigenvalue weighted by atomic mass is 9.97. The van der Waals surface area contributed by atoms with E-state index < -0.39 is 5.79 Å². The lowest BCUT2D eigenvalue weighted by Crippen LogP contribution is -2.32. The molecule has 0 radical (unpaired) electrons. The van der Waals surface area contributed by atoms with Gasteiger partial charge in [0.05, 0.1) is 12.2 Å². The van der Waals surface area contributed by atoms with E-state index in [0.29, 0.717) is 24.5 Å². The number of hydrogen-bond acceptors (Lipinski definition) is 4. The molecule has 1 heterocycles. The number of unbranched alkanes of at least 4 members (excludes halogenated alkanes) is 15. The summed E-state index contributed by atoms with van der Waals surface area (Å²) in [6.45, 7) is 5.29. The lowest BCUT2D eigenvalue weighted by molar-refractivity contribution is -0.193. The molecule has 2 unspecified atom stereocenters. The van der Waals surface area contributed by atoms with Gasteiger partial charge in [-0.15, -0.1) is 0 Å². The van der Waals surface area contributed by atoms with Gasteiger partial charge >= 0.3 is 0 Å². The minimum atomic E-state index is -0.393. The molecule has 2 rings (SSSR count). The Morgan fingerprint density at radius 2 is 1.00 bits per heavy atom. The molecule has 4 nitrogen and oxygen atoms in total. The predicted octanol–water partition coefficient (Wildman–Crippen LogP) is 14.0. The molecule has 0 aromatic heterocycles. The average molecular weight is 722 g/mol. The Balaban J connectivity index is 1.64. The second kappa shape index (κ2) is 31.6. The van der Waals surface area contributed by atoms with E-state index in [-0.39, 0.29) is 12.2 Å². The molecule has 1 saturated heterocycles. The predicted molar refractivity (Wildman–Crippen MR) is 226 cm³/mol. The second-order valence-corrected chi connectivity index (χ2v) is 16.1. The van der Waals surface area contributed by atoms with Gasteiger partial charge in [0, 0.05) is 32.2 Å². The van der Waals surface area contributed by atoms with E-state index in [9.17, 15) is 4.79 Å². The Bertz CT molecular complexity index is 993. The molecule has 2 fully saturated rings. The minimum Gasteiger partial charge on any atom is -0.344 e. The molecule has 2 aliphatic rings. The molecule has 1 saturated carbocycles. The van der Waals surface area contributed by atoms with E-state index in [1.165, 1.54) is 116 Å². The standard InChI is InChI=1S/C48H83NO3/c1-5-7-9-11-13-15-17-19-21-23-25-27-29-31-33-35-38-48(51-46-42-44(43-47(46)52-48)41-45(50)37-40-49(3)4)39-36-34-32-30-28-26-24-22-20-18-16-14-12-10-8-6-2/h7,9,13-16,19-22,44,46-47H,5-6,8,10-12,17-18,23-43H2,1-4H3. The van der Waals surface area contributed by atoms with E-state index in [2.05, 4.69) is 79.5 Å². The zero-order valence-electron chi connectivity index (χ0n) is 34.7. The first-order valence-electron chi connectivity index (χ1n) is 22.2. The van der Waals surface area contributed by atoms with E-state index >= 15 is 0 Å². The van der Waals surface area contributed by atoms with Gasteiger partial charge in [0.25, 0.3) is 0 Å². The first-order chi connectivity index (χ1) is 25.5. The Morgan fingerprint density at radius 1 is 0.577 bits per heavy atom. The first kappa shape index (κ1) is 46.4. The van der Waals surface area contributed by atoms with Crippen LogP contribution >= 0.6 is 0 Å². The number of hydrogen-bond donors (Lipinski definition) is 0. The zero-order chi connectivity index (χ0) is 37.4. The highest BCUT2D eigenvalue weighted by molar-refractivity contribution is 5.78. The summed E-state index contributed by atoms with van der Waals surface area (Å²) in [4.78, 5) is 14.7. The van der Waals surface area contributed by atoms with Crippen molar-refractivity contribution in [1.29, 1.82) is 0 Å². The molecule has 298 valence electrons. The van der Waals surface area contributed by atoms with Crippen LogP contribution in [0.2, 0.25) is 0 Å². The number of nitrogens with zero attached hydrogens (tertiary/aromatic N) is 1. The van der Waals surface area contributed by atoms with Crippen molar-refractivity contribution in [3.8, 4) is 0 Å². The number of allylic oxidation sites excluding steroid dienone is 10. The maximum absolute atomic E-state index is 12.6.